The van der Waals surface area contributed by atoms with E-state index >= 15 is 0 Å². The molecule has 0 amide bonds. The quantitative estimate of drug-likeness (QED) is 0.696. The molecule has 1 atom stereocenters. The molecule has 4 nitrogen and oxygen atoms in total. The maximum atomic E-state index is 12.6. The predicted molar refractivity (Wildman–Crippen MR) is 102 cm³/mol. The molecule has 0 saturated heterocycles. The number of aromatic nitrogens is 1. The first-order chi connectivity index (χ1) is 12.6. The summed E-state index contributed by atoms with van der Waals surface area (Å²) in [6.07, 6.45) is 2.21. The van der Waals surface area contributed by atoms with Gasteiger partial charge < -0.3 is 9.72 Å². The van der Waals surface area contributed by atoms with Crippen LogP contribution in [0.15, 0.2) is 58.9 Å². The third kappa shape index (κ3) is 2.72. The Balaban J connectivity index is 1.96. The largest absolute Gasteiger partial charge is 0.466 e. The summed E-state index contributed by atoms with van der Waals surface area (Å²) in [6.45, 7) is 0. The van der Waals surface area contributed by atoms with Gasteiger partial charge in [-0.3, -0.25) is 4.79 Å². The number of methoxy groups -OCH3 is 1. The van der Waals surface area contributed by atoms with Gasteiger partial charge in [0.1, 0.15) is 0 Å². The molecule has 1 N–H and O–H groups in total. The van der Waals surface area contributed by atoms with E-state index in [-0.39, 0.29) is 11.5 Å². The average molecular weight is 366 g/mol. The van der Waals surface area contributed by atoms with E-state index in [1.54, 1.807) is 18.2 Å². The average Bonchev–Trinajstić information content (AvgIpc) is 2.67. The third-order valence-electron chi connectivity index (χ3n) is 4.85. The molecule has 1 aliphatic rings. The summed E-state index contributed by atoms with van der Waals surface area (Å²) in [5, 5.41) is 1.62. The minimum absolute atomic E-state index is 0.197. The van der Waals surface area contributed by atoms with E-state index in [0.717, 1.165) is 22.0 Å². The maximum Gasteiger partial charge on any atom is 0.334 e. The number of esters is 1. The van der Waals surface area contributed by atoms with E-state index in [9.17, 15) is 9.59 Å². The Morgan fingerprint density at radius 1 is 1.15 bits per heavy atom. The minimum Gasteiger partial charge on any atom is -0.466 e. The van der Waals surface area contributed by atoms with Crippen LogP contribution in [-0.4, -0.2) is 18.1 Å². The van der Waals surface area contributed by atoms with Gasteiger partial charge in [-0.2, -0.15) is 0 Å². The van der Waals surface area contributed by atoms with Gasteiger partial charge in [0.25, 0.3) is 5.56 Å². The molecule has 130 valence electrons. The van der Waals surface area contributed by atoms with Gasteiger partial charge in [-0.1, -0.05) is 41.9 Å². The fourth-order valence-corrected chi connectivity index (χ4v) is 3.71. The Morgan fingerprint density at radius 2 is 1.88 bits per heavy atom. The van der Waals surface area contributed by atoms with Crippen molar-refractivity contribution < 1.29 is 9.53 Å². The van der Waals surface area contributed by atoms with Crippen molar-refractivity contribution in [2.75, 3.05) is 7.11 Å². The number of aromatic amines is 1. The van der Waals surface area contributed by atoms with Crippen molar-refractivity contribution in [1.29, 1.82) is 0 Å². The molecule has 2 aromatic carbocycles. The van der Waals surface area contributed by atoms with Gasteiger partial charge in [0.15, 0.2) is 0 Å². The summed E-state index contributed by atoms with van der Waals surface area (Å²) in [5.41, 5.74) is 3.49. The van der Waals surface area contributed by atoms with Crippen LogP contribution in [0.25, 0.3) is 17.0 Å². The van der Waals surface area contributed by atoms with Crippen molar-refractivity contribution >= 4 is 34.5 Å². The topological polar surface area (TPSA) is 59.2 Å². The number of hydrogen-bond acceptors (Lipinski definition) is 3. The van der Waals surface area contributed by atoms with Gasteiger partial charge in [-0.25, -0.2) is 4.79 Å². The van der Waals surface area contributed by atoms with Crippen LogP contribution in [0.1, 0.15) is 22.6 Å². The van der Waals surface area contributed by atoms with Crippen LogP contribution in [-0.2, 0) is 16.0 Å². The van der Waals surface area contributed by atoms with Crippen molar-refractivity contribution in [3.8, 4) is 0 Å². The first-order valence-electron chi connectivity index (χ1n) is 8.27. The third-order valence-corrected chi connectivity index (χ3v) is 5.10. The monoisotopic (exact) mass is 365 g/mol. The Labute approximate surface area is 155 Å². The number of carbonyl (C=O) groups is 1. The number of ether oxygens (including phenoxy) is 1. The smallest absolute Gasteiger partial charge is 0.334 e. The summed E-state index contributed by atoms with van der Waals surface area (Å²) in [5.74, 6) is -0.624. The Bertz CT molecular complexity index is 1100. The molecule has 3 aromatic rings. The predicted octanol–water partition coefficient (Wildman–Crippen LogP) is 4.08. The molecule has 0 saturated carbocycles. The summed E-state index contributed by atoms with van der Waals surface area (Å²) >= 11 is 6.01. The molecule has 0 fully saturated rings. The Hall–Kier alpha value is -2.85. The summed E-state index contributed by atoms with van der Waals surface area (Å²) < 4.78 is 4.96. The number of H-pyrrole nitrogens is 1. The SMILES string of the molecule is COC(=O)C1=Cc2c(c3ccccc3[nH]c2=O)CC1c1ccc(Cl)cc1. The lowest BCUT2D eigenvalue weighted by Gasteiger charge is -2.26. The zero-order chi connectivity index (χ0) is 18.3. The standard InChI is InChI=1S/C21H16ClNO3/c1-26-21(25)18-11-17-16(10-15(18)12-6-8-13(22)9-7-12)14-4-2-3-5-19(14)23-20(17)24/h2-9,11,15H,10H2,1H3,(H,23,24). The summed E-state index contributed by atoms with van der Waals surface area (Å²) in [4.78, 5) is 27.8. The fraction of sp³-hybridized carbons (Fsp3) is 0.143. The number of hydrogen-bond donors (Lipinski definition) is 1. The van der Waals surface area contributed by atoms with E-state index in [0.29, 0.717) is 22.6 Å². The maximum absolute atomic E-state index is 12.6. The number of fused-ring (bicyclic) bond motifs is 3. The number of halogens is 1. The van der Waals surface area contributed by atoms with Crippen molar-refractivity contribution in [2.24, 2.45) is 0 Å². The number of rotatable bonds is 2. The molecule has 1 unspecified atom stereocenters. The molecule has 0 spiro atoms. The lowest BCUT2D eigenvalue weighted by Crippen LogP contribution is -2.24. The molecule has 26 heavy (non-hydrogen) atoms. The second-order valence-electron chi connectivity index (χ2n) is 6.29. The van der Waals surface area contributed by atoms with Gasteiger partial charge in [0, 0.05) is 33.0 Å². The molecule has 0 bridgehead atoms. The highest BCUT2D eigenvalue weighted by Crippen LogP contribution is 2.37. The molecular formula is C21H16ClNO3. The van der Waals surface area contributed by atoms with Gasteiger partial charge in [-0.15, -0.1) is 0 Å². The normalized spacial score (nSPS) is 16.1. The number of pyridine rings is 1. The van der Waals surface area contributed by atoms with Crippen LogP contribution in [0, 0.1) is 0 Å². The highest BCUT2D eigenvalue weighted by Gasteiger charge is 2.30. The van der Waals surface area contributed by atoms with Crippen LogP contribution < -0.4 is 5.56 Å². The van der Waals surface area contributed by atoms with E-state index in [2.05, 4.69) is 4.98 Å². The molecule has 4 rings (SSSR count). The van der Waals surface area contributed by atoms with Crippen molar-refractivity contribution in [3.05, 3.63) is 86.2 Å². The van der Waals surface area contributed by atoms with Gasteiger partial charge in [0.05, 0.1) is 7.11 Å². The zero-order valence-electron chi connectivity index (χ0n) is 14.1. The Morgan fingerprint density at radius 3 is 2.62 bits per heavy atom. The van der Waals surface area contributed by atoms with Crippen molar-refractivity contribution in [3.63, 3.8) is 0 Å². The van der Waals surface area contributed by atoms with Crippen LogP contribution in [0.2, 0.25) is 5.02 Å². The second kappa shape index (κ2) is 6.46. The van der Waals surface area contributed by atoms with Crippen molar-refractivity contribution in [2.45, 2.75) is 12.3 Å². The number of para-hydroxylation sites is 1. The highest BCUT2D eigenvalue weighted by atomic mass is 35.5. The van der Waals surface area contributed by atoms with Crippen LogP contribution in [0.5, 0.6) is 0 Å². The van der Waals surface area contributed by atoms with E-state index in [1.807, 2.05) is 36.4 Å². The number of benzene rings is 2. The number of nitrogens with one attached hydrogen (secondary N) is 1. The van der Waals surface area contributed by atoms with Crippen molar-refractivity contribution in [1.82, 2.24) is 4.98 Å². The molecular weight excluding hydrogens is 350 g/mol. The molecule has 1 aromatic heterocycles. The Kier molecular flexibility index (Phi) is 4.13. The first kappa shape index (κ1) is 16.6. The lowest BCUT2D eigenvalue weighted by molar-refractivity contribution is -0.136. The minimum atomic E-state index is -0.428. The summed E-state index contributed by atoms with van der Waals surface area (Å²) in [6, 6.07) is 15.1. The van der Waals surface area contributed by atoms with Gasteiger partial charge in [0.2, 0.25) is 0 Å². The van der Waals surface area contributed by atoms with E-state index in [1.165, 1.54) is 7.11 Å². The van der Waals surface area contributed by atoms with E-state index < -0.39 is 5.97 Å². The highest BCUT2D eigenvalue weighted by molar-refractivity contribution is 6.30. The second-order valence-corrected chi connectivity index (χ2v) is 6.73. The fourth-order valence-electron chi connectivity index (χ4n) is 3.58. The molecule has 1 heterocycles. The summed E-state index contributed by atoms with van der Waals surface area (Å²) in [7, 11) is 1.35. The van der Waals surface area contributed by atoms with Crippen LogP contribution in [0.3, 0.4) is 0 Å². The molecule has 5 heteroatoms. The first-order valence-corrected chi connectivity index (χ1v) is 8.65. The van der Waals surface area contributed by atoms with Crippen LogP contribution in [0.4, 0.5) is 0 Å². The van der Waals surface area contributed by atoms with Crippen LogP contribution >= 0.6 is 11.6 Å². The van der Waals surface area contributed by atoms with Gasteiger partial charge >= 0.3 is 5.97 Å². The lowest BCUT2D eigenvalue weighted by atomic mass is 9.78. The van der Waals surface area contributed by atoms with E-state index in [4.69, 9.17) is 16.3 Å². The van der Waals surface area contributed by atoms with Gasteiger partial charge in [-0.05, 0) is 41.8 Å². The molecule has 0 aliphatic heterocycles. The molecule has 0 radical (unpaired) electrons. The zero-order valence-corrected chi connectivity index (χ0v) is 14.8. The molecule has 1 aliphatic carbocycles. The number of carbonyl (C=O) groups excluding carboxylic acids is 1.